The third-order valence-corrected chi connectivity index (χ3v) is 3.82. The SMILES string of the molecule is COc1ccc(/C=C2/NC(=S)N(c3cn(C)nc3C)C2=O)cc1. The quantitative estimate of drug-likeness (QED) is 0.690. The lowest BCUT2D eigenvalue weighted by molar-refractivity contribution is -0.113. The monoisotopic (exact) mass is 328 g/mol. The first kappa shape index (κ1) is 15.2. The third-order valence-electron chi connectivity index (χ3n) is 3.53. The van der Waals surface area contributed by atoms with Crippen molar-refractivity contribution in [3.05, 3.63) is 47.4 Å². The fourth-order valence-corrected chi connectivity index (χ4v) is 2.72. The van der Waals surface area contributed by atoms with Gasteiger partial charge in [-0.3, -0.25) is 9.48 Å². The van der Waals surface area contributed by atoms with Crippen LogP contribution in [0.25, 0.3) is 6.08 Å². The minimum absolute atomic E-state index is 0.193. The van der Waals surface area contributed by atoms with Crippen LogP contribution in [0.3, 0.4) is 0 Å². The molecule has 118 valence electrons. The topological polar surface area (TPSA) is 59.4 Å². The summed E-state index contributed by atoms with van der Waals surface area (Å²) in [4.78, 5) is 14.1. The van der Waals surface area contributed by atoms with Crippen LogP contribution in [0.1, 0.15) is 11.3 Å². The predicted octanol–water partition coefficient (Wildman–Crippen LogP) is 2.00. The fourth-order valence-electron chi connectivity index (χ4n) is 2.43. The molecule has 0 atom stereocenters. The van der Waals surface area contributed by atoms with Gasteiger partial charge in [-0.05, 0) is 42.9 Å². The number of aromatic nitrogens is 2. The lowest BCUT2D eigenvalue weighted by Gasteiger charge is -2.11. The van der Waals surface area contributed by atoms with Crippen LogP contribution in [0.15, 0.2) is 36.2 Å². The zero-order valence-corrected chi connectivity index (χ0v) is 13.8. The van der Waals surface area contributed by atoms with E-state index >= 15 is 0 Å². The van der Waals surface area contributed by atoms with Crippen molar-refractivity contribution in [2.75, 3.05) is 12.0 Å². The molecule has 0 spiro atoms. The largest absolute Gasteiger partial charge is 0.497 e. The number of carbonyl (C=O) groups is 1. The molecule has 1 aliphatic heterocycles. The van der Waals surface area contributed by atoms with Gasteiger partial charge >= 0.3 is 0 Å². The molecule has 2 aromatic rings. The van der Waals surface area contributed by atoms with Gasteiger partial charge in [-0.2, -0.15) is 5.10 Å². The summed E-state index contributed by atoms with van der Waals surface area (Å²) >= 11 is 5.30. The van der Waals surface area contributed by atoms with Crippen molar-refractivity contribution < 1.29 is 9.53 Å². The van der Waals surface area contributed by atoms with E-state index < -0.39 is 0 Å². The number of nitrogens with zero attached hydrogens (tertiary/aromatic N) is 3. The molecular weight excluding hydrogens is 312 g/mol. The van der Waals surface area contributed by atoms with Crippen LogP contribution >= 0.6 is 12.2 Å². The molecule has 1 aromatic heterocycles. The number of hydrogen-bond acceptors (Lipinski definition) is 4. The van der Waals surface area contributed by atoms with Gasteiger partial charge in [0.25, 0.3) is 5.91 Å². The van der Waals surface area contributed by atoms with Crippen LogP contribution in [-0.2, 0) is 11.8 Å². The maximum Gasteiger partial charge on any atom is 0.281 e. The highest BCUT2D eigenvalue weighted by molar-refractivity contribution is 7.80. The van der Waals surface area contributed by atoms with Crippen LogP contribution in [0.2, 0.25) is 0 Å². The minimum Gasteiger partial charge on any atom is -0.497 e. The van der Waals surface area contributed by atoms with E-state index in [4.69, 9.17) is 17.0 Å². The highest BCUT2D eigenvalue weighted by Gasteiger charge is 2.33. The molecule has 1 fully saturated rings. The van der Waals surface area contributed by atoms with E-state index in [-0.39, 0.29) is 5.91 Å². The standard InChI is InChI=1S/C16H16N4O2S/c1-10-14(9-19(2)18-10)20-15(21)13(17-16(20)23)8-11-4-6-12(22-3)7-5-11/h4-9H,1-3H3,(H,17,23)/b13-8+. The molecular formula is C16H16N4O2S. The Bertz CT molecular complexity index is 808. The molecule has 2 heterocycles. The first-order valence-electron chi connectivity index (χ1n) is 7.01. The van der Waals surface area contributed by atoms with Crippen molar-refractivity contribution in [1.82, 2.24) is 15.1 Å². The molecule has 3 rings (SSSR count). The van der Waals surface area contributed by atoms with Crippen molar-refractivity contribution in [3.8, 4) is 5.75 Å². The minimum atomic E-state index is -0.193. The number of benzene rings is 1. The molecule has 1 N–H and O–H groups in total. The molecule has 0 saturated carbocycles. The Kier molecular flexibility index (Phi) is 3.87. The normalized spacial score (nSPS) is 16.1. The van der Waals surface area contributed by atoms with E-state index in [2.05, 4.69) is 10.4 Å². The lowest BCUT2D eigenvalue weighted by Crippen LogP contribution is -2.30. The van der Waals surface area contributed by atoms with Crippen LogP contribution in [0.5, 0.6) is 5.75 Å². The zero-order valence-electron chi connectivity index (χ0n) is 13.0. The first-order chi connectivity index (χ1) is 11.0. The summed E-state index contributed by atoms with van der Waals surface area (Å²) in [5.41, 5.74) is 2.75. The lowest BCUT2D eigenvalue weighted by atomic mass is 10.2. The van der Waals surface area contributed by atoms with Crippen LogP contribution in [-0.4, -0.2) is 27.9 Å². The summed E-state index contributed by atoms with van der Waals surface area (Å²) in [5, 5.41) is 7.57. The Morgan fingerprint density at radius 3 is 2.57 bits per heavy atom. The maximum atomic E-state index is 12.7. The van der Waals surface area contributed by atoms with Gasteiger partial charge in [-0.15, -0.1) is 0 Å². The van der Waals surface area contributed by atoms with Crippen molar-refractivity contribution in [2.45, 2.75) is 6.92 Å². The Balaban J connectivity index is 1.91. The summed E-state index contributed by atoms with van der Waals surface area (Å²) in [7, 11) is 3.42. The molecule has 0 bridgehead atoms. The van der Waals surface area contributed by atoms with Gasteiger partial charge in [0.2, 0.25) is 0 Å². The average molecular weight is 328 g/mol. The van der Waals surface area contributed by atoms with Gasteiger partial charge in [-0.25, -0.2) is 4.90 Å². The van der Waals surface area contributed by atoms with E-state index in [0.717, 1.165) is 17.0 Å². The third kappa shape index (κ3) is 2.83. The number of hydrogen-bond donors (Lipinski definition) is 1. The molecule has 1 saturated heterocycles. The van der Waals surface area contributed by atoms with E-state index in [0.29, 0.717) is 16.5 Å². The number of rotatable bonds is 3. The number of thiocarbonyl (C=S) groups is 1. The van der Waals surface area contributed by atoms with Gasteiger partial charge in [-0.1, -0.05) is 12.1 Å². The highest BCUT2D eigenvalue weighted by Crippen LogP contribution is 2.25. The number of anilines is 1. The molecule has 6 nitrogen and oxygen atoms in total. The second kappa shape index (κ2) is 5.85. The van der Waals surface area contributed by atoms with Gasteiger partial charge in [0, 0.05) is 13.2 Å². The number of methoxy groups -OCH3 is 1. The van der Waals surface area contributed by atoms with Crippen molar-refractivity contribution in [3.63, 3.8) is 0 Å². The molecule has 0 radical (unpaired) electrons. The Morgan fingerprint density at radius 2 is 2.00 bits per heavy atom. The molecule has 0 aliphatic carbocycles. The molecule has 7 heteroatoms. The second-order valence-electron chi connectivity index (χ2n) is 5.18. The number of ether oxygens (including phenoxy) is 1. The van der Waals surface area contributed by atoms with Gasteiger partial charge < -0.3 is 10.1 Å². The van der Waals surface area contributed by atoms with Gasteiger partial charge in [0.15, 0.2) is 5.11 Å². The average Bonchev–Trinajstić information content (AvgIpc) is 2.99. The van der Waals surface area contributed by atoms with Gasteiger partial charge in [0.1, 0.15) is 11.4 Å². The van der Waals surface area contributed by atoms with Crippen molar-refractivity contribution in [1.29, 1.82) is 0 Å². The van der Waals surface area contributed by atoms with E-state index in [1.54, 1.807) is 24.1 Å². The first-order valence-corrected chi connectivity index (χ1v) is 7.42. The van der Waals surface area contributed by atoms with Crippen molar-refractivity contribution >= 4 is 35.0 Å². The molecule has 1 amide bonds. The summed E-state index contributed by atoms with van der Waals surface area (Å²) < 4.78 is 6.78. The summed E-state index contributed by atoms with van der Waals surface area (Å²) in [6.07, 6.45) is 3.54. The Morgan fingerprint density at radius 1 is 1.30 bits per heavy atom. The summed E-state index contributed by atoms with van der Waals surface area (Å²) in [6, 6.07) is 7.43. The Hall–Kier alpha value is -2.67. The van der Waals surface area contributed by atoms with Crippen LogP contribution in [0.4, 0.5) is 5.69 Å². The number of nitrogens with one attached hydrogen (secondary N) is 1. The van der Waals surface area contributed by atoms with Crippen LogP contribution in [0, 0.1) is 6.92 Å². The number of carbonyl (C=O) groups excluding carboxylic acids is 1. The molecule has 0 unspecified atom stereocenters. The van der Waals surface area contributed by atoms with Crippen LogP contribution < -0.4 is 15.0 Å². The van der Waals surface area contributed by atoms with E-state index in [1.165, 1.54) is 4.90 Å². The predicted molar refractivity (Wildman–Crippen MR) is 92.1 cm³/mol. The smallest absolute Gasteiger partial charge is 0.281 e. The summed E-state index contributed by atoms with van der Waals surface area (Å²) in [6.45, 7) is 1.84. The van der Waals surface area contributed by atoms with Crippen molar-refractivity contribution in [2.24, 2.45) is 7.05 Å². The second-order valence-corrected chi connectivity index (χ2v) is 5.56. The Labute approximate surface area is 139 Å². The molecule has 23 heavy (non-hydrogen) atoms. The number of aryl methyl sites for hydroxylation is 2. The van der Waals surface area contributed by atoms with E-state index in [9.17, 15) is 4.79 Å². The molecule has 1 aliphatic rings. The highest BCUT2D eigenvalue weighted by atomic mass is 32.1. The zero-order chi connectivity index (χ0) is 16.6. The molecule has 1 aromatic carbocycles. The van der Waals surface area contributed by atoms with E-state index in [1.807, 2.05) is 38.2 Å². The van der Waals surface area contributed by atoms with Gasteiger partial charge in [0.05, 0.1) is 18.5 Å². The summed E-state index contributed by atoms with van der Waals surface area (Å²) in [5.74, 6) is 0.572. The fraction of sp³-hybridized carbons (Fsp3) is 0.188. The maximum absolute atomic E-state index is 12.7. The number of amides is 1.